The van der Waals surface area contributed by atoms with Crippen molar-refractivity contribution in [3.05, 3.63) is 12.2 Å². The molecule has 0 spiro atoms. The molecule has 122 valence electrons. The molecule has 3 aliphatic rings. The van der Waals surface area contributed by atoms with Crippen LogP contribution in [0.5, 0.6) is 0 Å². The molecule has 5 unspecified atom stereocenters. The third-order valence-corrected chi connectivity index (χ3v) is 5.51. The third-order valence-electron chi connectivity index (χ3n) is 5.51. The van der Waals surface area contributed by atoms with Gasteiger partial charge in [-0.25, -0.2) is 0 Å². The van der Waals surface area contributed by atoms with Crippen molar-refractivity contribution in [3.8, 4) is 0 Å². The molecular formula is C14H15F3O5. The van der Waals surface area contributed by atoms with Gasteiger partial charge >= 0.3 is 18.1 Å². The van der Waals surface area contributed by atoms with Crippen molar-refractivity contribution in [2.24, 2.45) is 16.7 Å². The molecule has 2 heterocycles. The van der Waals surface area contributed by atoms with Gasteiger partial charge in [0.1, 0.15) is 22.0 Å². The largest absolute Gasteiger partial charge is 0.469 e. The zero-order valence-corrected chi connectivity index (χ0v) is 12.4. The number of fused-ring (bicyclic) bond motifs is 5. The van der Waals surface area contributed by atoms with Crippen molar-refractivity contribution in [1.82, 2.24) is 0 Å². The van der Waals surface area contributed by atoms with Crippen LogP contribution in [0.2, 0.25) is 0 Å². The second kappa shape index (κ2) is 3.67. The number of carbonyl (C=O) groups excluding carboxylic acids is 2. The number of alkyl halides is 3. The lowest BCUT2D eigenvalue weighted by molar-refractivity contribution is -0.232. The monoisotopic (exact) mass is 320 g/mol. The van der Waals surface area contributed by atoms with Crippen LogP contribution in [0.3, 0.4) is 0 Å². The Hall–Kier alpha value is -1.57. The van der Waals surface area contributed by atoms with E-state index in [0.29, 0.717) is 0 Å². The fourth-order valence-corrected chi connectivity index (χ4v) is 4.86. The number of hydrogen-bond donors (Lipinski definition) is 0. The highest BCUT2D eigenvalue weighted by Gasteiger charge is 3.06. The van der Waals surface area contributed by atoms with E-state index < -0.39 is 46.1 Å². The fraction of sp³-hybridized carbons (Fsp3) is 0.714. The third kappa shape index (κ3) is 1.10. The normalized spacial score (nSPS) is 48.0. The molecule has 1 saturated carbocycles. The van der Waals surface area contributed by atoms with Crippen LogP contribution in [-0.2, 0) is 23.8 Å². The lowest BCUT2D eigenvalue weighted by Gasteiger charge is -2.32. The standard InChI is InChI=1S/C14H15F3O5/c1-10-5-6-11(2,22-10)13(14(15,16)17)7(8(18)20-3)12(10,13)9(19)21-4/h5-7H,1-4H3. The Morgan fingerprint density at radius 1 is 1.09 bits per heavy atom. The summed E-state index contributed by atoms with van der Waals surface area (Å²) in [5.74, 6) is -3.90. The van der Waals surface area contributed by atoms with E-state index in [-0.39, 0.29) is 0 Å². The molecule has 2 fully saturated rings. The Bertz CT molecular complexity index is 614. The van der Waals surface area contributed by atoms with Crippen LogP contribution in [0.25, 0.3) is 0 Å². The summed E-state index contributed by atoms with van der Waals surface area (Å²) in [6.45, 7) is 2.60. The summed E-state index contributed by atoms with van der Waals surface area (Å²) in [5, 5.41) is 0. The van der Waals surface area contributed by atoms with Crippen LogP contribution in [0, 0.1) is 16.7 Å². The Morgan fingerprint density at radius 3 is 2.09 bits per heavy atom. The van der Waals surface area contributed by atoms with Gasteiger partial charge in [0.25, 0.3) is 0 Å². The smallest absolute Gasteiger partial charge is 0.399 e. The summed E-state index contributed by atoms with van der Waals surface area (Å²) in [6.07, 6.45) is -2.18. The minimum Gasteiger partial charge on any atom is -0.469 e. The van der Waals surface area contributed by atoms with E-state index in [0.717, 1.165) is 14.2 Å². The maximum Gasteiger partial charge on any atom is 0.399 e. The molecule has 2 bridgehead atoms. The number of carbonyl (C=O) groups is 2. The van der Waals surface area contributed by atoms with Crippen LogP contribution in [0.15, 0.2) is 12.2 Å². The van der Waals surface area contributed by atoms with Gasteiger partial charge in [-0.2, -0.15) is 13.2 Å². The van der Waals surface area contributed by atoms with Crippen molar-refractivity contribution < 1.29 is 37.0 Å². The van der Waals surface area contributed by atoms with Gasteiger partial charge < -0.3 is 14.2 Å². The summed E-state index contributed by atoms with van der Waals surface area (Å²) in [6, 6.07) is 0. The first kappa shape index (κ1) is 15.3. The predicted octanol–water partition coefficient (Wildman–Crippen LogP) is 1.61. The molecule has 8 heteroatoms. The van der Waals surface area contributed by atoms with Gasteiger partial charge in [0.15, 0.2) is 0 Å². The number of ether oxygens (including phenoxy) is 3. The van der Waals surface area contributed by atoms with Crippen molar-refractivity contribution >= 4 is 11.9 Å². The molecule has 0 amide bonds. The van der Waals surface area contributed by atoms with Crippen LogP contribution in [0.4, 0.5) is 13.2 Å². The number of methoxy groups -OCH3 is 2. The zero-order valence-electron chi connectivity index (χ0n) is 12.4. The minimum atomic E-state index is -4.85. The average Bonchev–Trinajstić information content (AvgIpc) is 2.96. The zero-order chi connectivity index (χ0) is 16.8. The van der Waals surface area contributed by atoms with E-state index in [1.807, 2.05) is 0 Å². The molecule has 0 radical (unpaired) electrons. The van der Waals surface area contributed by atoms with Crippen LogP contribution < -0.4 is 0 Å². The molecule has 0 N–H and O–H groups in total. The molecule has 3 rings (SSSR count). The average molecular weight is 320 g/mol. The quantitative estimate of drug-likeness (QED) is 0.571. The molecule has 0 aromatic rings. The summed E-state index contributed by atoms with van der Waals surface area (Å²) >= 11 is 0. The van der Waals surface area contributed by atoms with E-state index in [4.69, 9.17) is 4.74 Å². The van der Waals surface area contributed by atoms with Crippen molar-refractivity contribution in [3.63, 3.8) is 0 Å². The molecule has 1 aliphatic carbocycles. The highest BCUT2D eigenvalue weighted by molar-refractivity contribution is 5.98. The fourth-order valence-electron chi connectivity index (χ4n) is 4.86. The maximum absolute atomic E-state index is 14.0. The van der Waals surface area contributed by atoms with Gasteiger partial charge in [-0.15, -0.1) is 0 Å². The van der Waals surface area contributed by atoms with Crippen LogP contribution in [0.1, 0.15) is 13.8 Å². The second-order valence-corrected chi connectivity index (χ2v) is 6.21. The molecule has 5 nitrogen and oxygen atoms in total. The van der Waals surface area contributed by atoms with Gasteiger partial charge in [0.05, 0.1) is 20.1 Å². The summed E-state index contributed by atoms with van der Waals surface area (Å²) in [7, 11) is 1.98. The topological polar surface area (TPSA) is 61.8 Å². The number of esters is 2. The molecule has 22 heavy (non-hydrogen) atoms. The lowest BCUT2D eigenvalue weighted by Crippen LogP contribution is -2.48. The summed E-state index contributed by atoms with van der Waals surface area (Å²) in [4.78, 5) is 24.4. The lowest BCUT2D eigenvalue weighted by atomic mass is 9.71. The van der Waals surface area contributed by atoms with Gasteiger partial charge in [0.2, 0.25) is 0 Å². The van der Waals surface area contributed by atoms with E-state index in [1.165, 1.54) is 26.0 Å². The van der Waals surface area contributed by atoms with E-state index in [2.05, 4.69) is 9.47 Å². The van der Waals surface area contributed by atoms with Crippen LogP contribution in [-0.4, -0.2) is 43.5 Å². The first-order valence-electron chi connectivity index (χ1n) is 6.63. The van der Waals surface area contributed by atoms with Crippen molar-refractivity contribution in [1.29, 1.82) is 0 Å². The molecular weight excluding hydrogens is 305 g/mol. The van der Waals surface area contributed by atoms with E-state index in [1.54, 1.807) is 0 Å². The Balaban J connectivity index is 2.33. The molecule has 0 aromatic heterocycles. The first-order valence-corrected chi connectivity index (χ1v) is 6.63. The van der Waals surface area contributed by atoms with Gasteiger partial charge in [-0.05, 0) is 13.8 Å². The molecule has 5 atom stereocenters. The minimum absolute atomic E-state index is 0.992. The number of rotatable bonds is 2. The highest BCUT2D eigenvalue weighted by Crippen LogP contribution is 2.90. The number of halogens is 3. The van der Waals surface area contributed by atoms with Gasteiger partial charge in [-0.1, -0.05) is 12.2 Å². The maximum atomic E-state index is 14.0. The number of hydrogen-bond acceptors (Lipinski definition) is 5. The first-order chi connectivity index (χ1) is 10.00. The van der Waals surface area contributed by atoms with Crippen molar-refractivity contribution in [2.75, 3.05) is 14.2 Å². The predicted molar refractivity (Wildman–Crippen MR) is 65.5 cm³/mol. The van der Waals surface area contributed by atoms with Crippen LogP contribution >= 0.6 is 0 Å². The summed E-state index contributed by atoms with van der Waals surface area (Å²) in [5.41, 5.74) is -8.25. The SMILES string of the molecule is COC(=O)C1C2(C(=O)OC)C3(C)C=CC(C)(O3)C12C(F)(F)F. The Kier molecular flexibility index (Phi) is 2.55. The van der Waals surface area contributed by atoms with E-state index >= 15 is 0 Å². The van der Waals surface area contributed by atoms with E-state index in [9.17, 15) is 22.8 Å². The Morgan fingerprint density at radius 2 is 1.64 bits per heavy atom. The summed E-state index contributed by atoms with van der Waals surface area (Å²) < 4.78 is 56.8. The van der Waals surface area contributed by atoms with Gasteiger partial charge in [-0.3, -0.25) is 9.59 Å². The van der Waals surface area contributed by atoms with Gasteiger partial charge in [0, 0.05) is 0 Å². The van der Waals surface area contributed by atoms with Crippen molar-refractivity contribution in [2.45, 2.75) is 31.2 Å². The highest BCUT2D eigenvalue weighted by atomic mass is 19.4. The molecule has 1 saturated heterocycles. The molecule has 0 aromatic carbocycles. The molecule has 2 aliphatic heterocycles. The second-order valence-electron chi connectivity index (χ2n) is 6.21. The Labute approximate surface area is 124 Å².